The van der Waals surface area contributed by atoms with Gasteiger partial charge in [0.25, 0.3) is 5.69 Å². The number of nitro groups is 1. The summed E-state index contributed by atoms with van der Waals surface area (Å²) in [5, 5.41) is 13.5. The Morgan fingerprint density at radius 1 is 1.44 bits per heavy atom. The quantitative estimate of drug-likeness (QED) is 0.435. The molecule has 1 rings (SSSR count). The zero-order valence-corrected chi connectivity index (χ0v) is 12.5. The number of halogens is 1. The first-order valence-corrected chi connectivity index (χ1v) is 7.68. The summed E-state index contributed by atoms with van der Waals surface area (Å²) in [5.41, 5.74) is 0.681. The molecule has 9 heteroatoms. The molecule has 1 aromatic carbocycles. The molecule has 1 aromatic rings. The summed E-state index contributed by atoms with van der Waals surface area (Å²) >= 11 is 1.96. The van der Waals surface area contributed by atoms with E-state index in [1.165, 1.54) is 19.2 Å². The number of nitrogens with one attached hydrogen (secondary N) is 2. The molecular formula is C9H12IN3O4S. The first kappa shape index (κ1) is 15.1. The lowest BCUT2D eigenvalue weighted by Crippen LogP contribution is -2.26. The van der Waals surface area contributed by atoms with Crippen LogP contribution in [0, 0.1) is 13.7 Å². The summed E-state index contributed by atoms with van der Waals surface area (Å²) in [6, 6.07) is 4.36. The Hall–Kier alpha value is -0.940. The molecule has 0 aliphatic rings. The van der Waals surface area contributed by atoms with Crippen molar-refractivity contribution in [3.63, 3.8) is 0 Å². The van der Waals surface area contributed by atoms with Crippen LogP contribution in [-0.2, 0) is 10.0 Å². The Bertz CT molecular complexity index is 547. The first-order chi connectivity index (χ1) is 8.35. The van der Waals surface area contributed by atoms with Crippen molar-refractivity contribution in [2.24, 2.45) is 0 Å². The normalized spacial score (nSPS) is 11.2. The van der Waals surface area contributed by atoms with Gasteiger partial charge in [0.1, 0.15) is 0 Å². The average molecular weight is 385 g/mol. The fourth-order valence-electron chi connectivity index (χ4n) is 1.18. The molecule has 0 aliphatic carbocycles. The van der Waals surface area contributed by atoms with Crippen molar-refractivity contribution in [2.75, 3.05) is 24.7 Å². The van der Waals surface area contributed by atoms with E-state index in [9.17, 15) is 18.5 Å². The number of sulfonamides is 1. The van der Waals surface area contributed by atoms with Crippen molar-refractivity contribution >= 4 is 44.0 Å². The maximum Gasteiger partial charge on any atom is 0.270 e. The zero-order valence-electron chi connectivity index (χ0n) is 9.51. The highest BCUT2D eigenvalue weighted by atomic mass is 127. The molecule has 0 amide bonds. The molecule has 0 radical (unpaired) electrons. The van der Waals surface area contributed by atoms with Crippen LogP contribution in [0.25, 0.3) is 0 Å². The molecule has 0 bridgehead atoms. The second kappa shape index (κ2) is 6.29. The number of hydrogen-bond acceptors (Lipinski definition) is 5. The molecule has 0 heterocycles. The smallest absolute Gasteiger partial charge is 0.270 e. The van der Waals surface area contributed by atoms with Gasteiger partial charge in [0.15, 0.2) is 0 Å². The third kappa shape index (κ3) is 4.38. The number of nitrogens with zero attached hydrogens (tertiary/aromatic N) is 1. The van der Waals surface area contributed by atoms with E-state index in [-0.39, 0.29) is 18.0 Å². The molecule has 100 valence electrons. The van der Waals surface area contributed by atoms with Crippen molar-refractivity contribution in [1.29, 1.82) is 0 Å². The molecule has 0 spiro atoms. The first-order valence-electron chi connectivity index (χ1n) is 4.95. The Labute approximate surface area is 118 Å². The van der Waals surface area contributed by atoms with E-state index >= 15 is 0 Å². The highest BCUT2D eigenvalue weighted by Gasteiger charge is 2.10. The Morgan fingerprint density at radius 3 is 2.61 bits per heavy atom. The lowest BCUT2D eigenvalue weighted by atomic mass is 10.3. The summed E-state index contributed by atoms with van der Waals surface area (Å²) in [7, 11) is -1.90. The molecule has 0 saturated heterocycles. The second-order valence-corrected chi connectivity index (χ2v) is 6.58. The predicted molar refractivity (Wildman–Crippen MR) is 77.1 cm³/mol. The average Bonchev–Trinajstić information content (AvgIpc) is 2.31. The van der Waals surface area contributed by atoms with Crippen LogP contribution in [0.1, 0.15) is 0 Å². The van der Waals surface area contributed by atoms with Crippen LogP contribution in [0.4, 0.5) is 11.4 Å². The minimum Gasteiger partial charge on any atom is -0.383 e. The maximum absolute atomic E-state index is 11.2. The Balaban J connectivity index is 2.67. The monoisotopic (exact) mass is 385 g/mol. The summed E-state index contributed by atoms with van der Waals surface area (Å²) in [6.07, 6.45) is 0. The fourth-order valence-corrected chi connectivity index (χ4v) is 2.45. The Morgan fingerprint density at radius 2 is 2.11 bits per heavy atom. The van der Waals surface area contributed by atoms with E-state index in [1.54, 1.807) is 6.07 Å². The van der Waals surface area contributed by atoms with Gasteiger partial charge in [-0.2, -0.15) is 0 Å². The maximum atomic E-state index is 11.2. The standard InChI is InChI=1S/C9H12IN3O4S/c1-11-18(16,17)5-4-12-9-3-2-7(13(14)15)6-8(9)10/h2-3,6,11-12H,4-5H2,1H3. The molecule has 2 N–H and O–H groups in total. The molecule has 0 fully saturated rings. The number of anilines is 1. The third-order valence-corrected chi connectivity index (χ3v) is 4.42. The highest BCUT2D eigenvalue weighted by molar-refractivity contribution is 14.1. The van der Waals surface area contributed by atoms with Gasteiger partial charge >= 0.3 is 0 Å². The molecule has 0 aromatic heterocycles. The molecule has 0 unspecified atom stereocenters. The van der Waals surface area contributed by atoms with Crippen molar-refractivity contribution in [3.8, 4) is 0 Å². The molecular weight excluding hydrogens is 373 g/mol. The third-order valence-electron chi connectivity index (χ3n) is 2.16. The van der Waals surface area contributed by atoms with Gasteiger partial charge < -0.3 is 5.32 Å². The van der Waals surface area contributed by atoms with E-state index in [4.69, 9.17) is 0 Å². The molecule has 0 atom stereocenters. The number of non-ortho nitro benzene ring substituents is 1. The van der Waals surface area contributed by atoms with Crippen LogP contribution in [0.5, 0.6) is 0 Å². The molecule has 18 heavy (non-hydrogen) atoms. The number of nitro benzene ring substituents is 1. The zero-order chi connectivity index (χ0) is 13.8. The Kier molecular flexibility index (Phi) is 5.28. The van der Waals surface area contributed by atoms with Crippen LogP contribution in [-0.4, -0.2) is 32.7 Å². The number of hydrogen-bond donors (Lipinski definition) is 2. The number of rotatable bonds is 6. The van der Waals surface area contributed by atoms with Crippen molar-refractivity contribution in [1.82, 2.24) is 4.72 Å². The summed E-state index contributed by atoms with van der Waals surface area (Å²) < 4.78 is 25.2. The van der Waals surface area contributed by atoms with Gasteiger partial charge in [0, 0.05) is 27.9 Å². The fraction of sp³-hybridized carbons (Fsp3) is 0.333. The van der Waals surface area contributed by atoms with Gasteiger partial charge in [0.05, 0.1) is 10.7 Å². The van der Waals surface area contributed by atoms with Crippen LogP contribution < -0.4 is 10.0 Å². The van der Waals surface area contributed by atoms with E-state index in [1.807, 2.05) is 22.6 Å². The van der Waals surface area contributed by atoms with Crippen LogP contribution in [0.15, 0.2) is 18.2 Å². The minimum atomic E-state index is -3.25. The van der Waals surface area contributed by atoms with Gasteiger partial charge in [0.2, 0.25) is 10.0 Å². The van der Waals surface area contributed by atoms with Crippen LogP contribution in [0.3, 0.4) is 0 Å². The van der Waals surface area contributed by atoms with E-state index < -0.39 is 14.9 Å². The molecule has 0 saturated carbocycles. The van der Waals surface area contributed by atoms with Gasteiger partial charge in [-0.05, 0) is 35.7 Å². The number of benzene rings is 1. The topological polar surface area (TPSA) is 101 Å². The summed E-state index contributed by atoms with van der Waals surface area (Å²) in [4.78, 5) is 10.1. The van der Waals surface area contributed by atoms with E-state index in [0.29, 0.717) is 9.26 Å². The van der Waals surface area contributed by atoms with Crippen molar-refractivity contribution in [3.05, 3.63) is 31.9 Å². The summed E-state index contributed by atoms with van der Waals surface area (Å²) in [5.74, 6) is -0.0590. The van der Waals surface area contributed by atoms with Crippen LogP contribution in [0.2, 0.25) is 0 Å². The summed E-state index contributed by atoms with van der Waals surface area (Å²) in [6.45, 7) is 0.233. The van der Waals surface area contributed by atoms with Crippen LogP contribution >= 0.6 is 22.6 Å². The van der Waals surface area contributed by atoms with Gasteiger partial charge in [-0.1, -0.05) is 0 Å². The van der Waals surface area contributed by atoms with Gasteiger partial charge in [-0.25, -0.2) is 13.1 Å². The predicted octanol–water partition coefficient (Wildman–Crippen LogP) is 1.16. The molecule has 0 aliphatic heterocycles. The SMILES string of the molecule is CNS(=O)(=O)CCNc1ccc([N+](=O)[O-])cc1I. The van der Waals surface area contributed by atoms with Gasteiger partial charge in [-0.15, -0.1) is 0 Å². The van der Waals surface area contributed by atoms with E-state index in [2.05, 4.69) is 10.0 Å². The molecule has 7 nitrogen and oxygen atoms in total. The van der Waals surface area contributed by atoms with E-state index in [0.717, 1.165) is 0 Å². The van der Waals surface area contributed by atoms with Crippen molar-refractivity contribution < 1.29 is 13.3 Å². The minimum absolute atomic E-state index is 0.00722. The van der Waals surface area contributed by atoms with Gasteiger partial charge in [-0.3, -0.25) is 10.1 Å². The largest absolute Gasteiger partial charge is 0.383 e. The highest BCUT2D eigenvalue weighted by Crippen LogP contribution is 2.23. The second-order valence-electron chi connectivity index (χ2n) is 3.37. The van der Waals surface area contributed by atoms with Crippen molar-refractivity contribution in [2.45, 2.75) is 0 Å². The lowest BCUT2D eigenvalue weighted by Gasteiger charge is -2.08. The lowest BCUT2D eigenvalue weighted by molar-refractivity contribution is -0.384.